The minimum Gasteiger partial charge on any atom is -0.366 e. The van der Waals surface area contributed by atoms with E-state index in [1.54, 1.807) is 24.5 Å². The van der Waals surface area contributed by atoms with Crippen LogP contribution in [0.1, 0.15) is 56.6 Å². The van der Waals surface area contributed by atoms with Crippen molar-refractivity contribution in [2.45, 2.75) is 44.7 Å². The maximum absolute atomic E-state index is 12.7. The fraction of sp³-hybridized carbons (Fsp3) is 0.280. The van der Waals surface area contributed by atoms with Crippen molar-refractivity contribution in [2.24, 2.45) is 5.73 Å². The third-order valence-electron chi connectivity index (χ3n) is 6.20. The molecule has 0 aliphatic heterocycles. The van der Waals surface area contributed by atoms with Gasteiger partial charge in [-0.15, -0.1) is 11.3 Å². The molecular weight excluding hydrogens is 434 g/mol. The van der Waals surface area contributed by atoms with Crippen molar-refractivity contribution >= 4 is 34.2 Å². The molecule has 33 heavy (non-hydrogen) atoms. The Labute approximate surface area is 195 Å². The molecule has 1 aliphatic rings. The quantitative estimate of drug-likeness (QED) is 0.459. The molecule has 1 aliphatic carbocycles. The number of benzene rings is 1. The molecule has 1 fully saturated rings. The van der Waals surface area contributed by atoms with Crippen LogP contribution in [0.25, 0.3) is 22.4 Å². The third-order valence-corrected chi connectivity index (χ3v) is 7.20. The highest BCUT2D eigenvalue weighted by molar-refractivity contribution is 7.13. The maximum Gasteiger partial charge on any atom is 0.261 e. The van der Waals surface area contributed by atoms with E-state index in [1.807, 2.05) is 37.3 Å². The van der Waals surface area contributed by atoms with Crippen molar-refractivity contribution in [1.29, 1.82) is 0 Å². The first-order valence-electron chi connectivity index (χ1n) is 11.1. The second-order valence-electron chi connectivity index (χ2n) is 8.52. The van der Waals surface area contributed by atoms with Crippen LogP contribution in [0.5, 0.6) is 0 Å². The summed E-state index contributed by atoms with van der Waals surface area (Å²) in [6.07, 6.45) is 7.29. The summed E-state index contributed by atoms with van der Waals surface area (Å²) in [5.74, 6) is 0.331. The van der Waals surface area contributed by atoms with E-state index in [1.165, 1.54) is 11.3 Å². The molecule has 2 unspecified atom stereocenters. The van der Waals surface area contributed by atoms with Gasteiger partial charge in [-0.2, -0.15) is 0 Å². The standard InChI is InChI=1S/C25H25N5O2S/c1-15-7-10-22(33-15)25(32)28-18-5-2-6-19(13-18)30-21-9-8-16(23(26)31)12-20(21)29-24(30)17-4-3-11-27-14-17/h3-4,7-12,14,18-19H,2,5-6,13H2,1H3,(H2,26,31)(H,28,32). The number of hydrogen-bond donors (Lipinski definition) is 2. The lowest BCUT2D eigenvalue weighted by Crippen LogP contribution is -2.38. The monoisotopic (exact) mass is 459 g/mol. The minimum absolute atomic E-state index is 0.00665. The van der Waals surface area contributed by atoms with Crippen LogP contribution < -0.4 is 11.1 Å². The average molecular weight is 460 g/mol. The lowest BCUT2D eigenvalue weighted by molar-refractivity contribution is 0.0924. The van der Waals surface area contributed by atoms with Gasteiger partial charge in [0.05, 0.1) is 15.9 Å². The molecule has 3 aromatic heterocycles. The van der Waals surface area contributed by atoms with Gasteiger partial charge < -0.3 is 15.6 Å². The van der Waals surface area contributed by atoms with E-state index in [-0.39, 0.29) is 18.0 Å². The fourth-order valence-electron chi connectivity index (χ4n) is 4.66. The topological polar surface area (TPSA) is 103 Å². The Kier molecular flexibility index (Phi) is 5.68. The number of aromatic nitrogens is 3. The Morgan fingerprint density at radius 2 is 2.06 bits per heavy atom. The van der Waals surface area contributed by atoms with Gasteiger partial charge in [0.1, 0.15) is 5.82 Å². The molecule has 0 bridgehead atoms. The molecular formula is C25H25N5O2S. The summed E-state index contributed by atoms with van der Waals surface area (Å²) in [5, 5.41) is 3.24. The van der Waals surface area contributed by atoms with Crippen molar-refractivity contribution in [1.82, 2.24) is 19.9 Å². The normalized spacial score (nSPS) is 18.3. The molecule has 8 heteroatoms. The number of thiophene rings is 1. The van der Waals surface area contributed by atoms with E-state index in [4.69, 9.17) is 10.7 Å². The lowest BCUT2D eigenvalue weighted by Gasteiger charge is -2.32. The summed E-state index contributed by atoms with van der Waals surface area (Å²) >= 11 is 1.52. The number of nitrogens with two attached hydrogens (primary N) is 1. The molecule has 7 nitrogen and oxygen atoms in total. The largest absolute Gasteiger partial charge is 0.366 e. The van der Waals surface area contributed by atoms with E-state index in [2.05, 4.69) is 14.9 Å². The lowest BCUT2D eigenvalue weighted by atomic mass is 9.90. The molecule has 1 saturated carbocycles. The highest BCUT2D eigenvalue weighted by atomic mass is 32.1. The predicted octanol–water partition coefficient (Wildman–Crippen LogP) is 4.48. The van der Waals surface area contributed by atoms with Crippen LogP contribution in [0.4, 0.5) is 0 Å². The number of aryl methyl sites for hydroxylation is 1. The molecule has 3 N–H and O–H groups in total. The number of amides is 2. The molecule has 5 rings (SSSR count). The van der Waals surface area contributed by atoms with E-state index in [0.717, 1.165) is 57.9 Å². The number of carbonyl (C=O) groups excluding carboxylic acids is 2. The highest BCUT2D eigenvalue weighted by Crippen LogP contribution is 2.36. The number of carbonyl (C=O) groups is 2. The number of imidazole rings is 1. The first-order chi connectivity index (χ1) is 16.0. The van der Waals surface area contributed by atoms with E-state index in [0.29, 0.717) is 5.56 Å². The van der Waals surface area contributed by atoms with Crippen LogP contribution in [-0.4, -0.2) is 32.4 Å². The van der Waals surface area contributed by atoms with Gasteiger partial charge in [-0.1, -0.05) is 0 Å². The molecule has 168 valence electrons. The van der Waals surface area contributed by atoms with Crippen molar-refractivity contribution < 1.29 is 9.59 Å². The number of hydrogen-bond acceptors (Lipinski definition) is 5. The molecule has 4 aromatic rings. The van der Waals surface area contributed by atoms with E-state index in [9.17, 15) is 9.59 Å². The van der Waals surface area contributed by atoms with Gasteiger partial charge in [0, 0.05) is 40.5 Å². The first kappa shape index (κ1) is 21.3. The predicted molar refractivity (Wildman–Crippen MR) is 129 cm³/mol. The average Bonchev–Trinajstić information content (AvgIpc) is 3.43. The third kappa shape index (κ3) is 4.26. The van der Waals surface area contributed by atoms with E-state index < -0.39 is 5.91 Å². The molecule has 3 heterocycles. The number of pyridine rings is 1. The molecule has 0 saturated heterocycles. The number of rotatable bonds is 5. The Morgan fingerprint density at radius 1 is 1.18 bits per heavy atom. The number of nitrogens with one attached hydrogen (secondary N) is 1. The first-order valence-corrected chi connectivity index (χ1v) is 11.9. The van der Waals surface area contributed by atoms with Gasteiger partial charge in [0.2, 0.25) is 5.91 Å². The Bertz CT molecular complexity index is 1330. The summed E-state index contributed by atoms with van der Waals surface area (Å²) in [4.78, 5) is 35.5. The molecule has 0 radical (unpaired) electrons. The Hall–Kier alpha value is -3.52. The highest BCUT2D eigenvalue weighted by Gasteiger charge is 2.28. The molecule has 0 spiro atoms. The second kappa shape index (κ2) is 8.78. The van der Waals surface area contributed by atoms with E-state index >= 15 is 0 Å². The van der Waals surface area contributed by atoms with Crippen molar-refractivity contribution in [3.8, 4) is 11.4 Å². The summed E-state index contributed by atoms with van der Waals surface area (Å²) in [6.45, 7) is 2.01. The summed E-state index contributed by atoms with van der Waals surface area (Å²) < 4.78 is 2.24. The number of primary amides is 1. The van der Waals surface area contributed by atoms with Gasteiger partial charge in [0.25, 0.3) is 5.91 Å². The number of nitrogens with zero attached hydrogens (tertiary/aromatic N) is 3. The molecule has 2 atom stereocenters. The maximum atomic E-state index is 12.7. The van der Waals surface area contributed by atoms with Gasteiger partial charge in [-0.25, -0.2) is 4.98 Å². The zero-order valence-electron chi connectivity index (χ0n) is 18.3. The smallest absolute Gasteiger partial charge is 0.261 e. The van der Waals surface area contributed by atoms with Crippen LogP contribution in [0.15, 0.2) is 54.9 Å². The van der Waals surface area contributed by atoms with Crippen LogP contribution >= 0.6 is 11.3 Å². The van der Waals surface area contributed by atoms with Gasteiger partial charge >= 0.3 is 0 Å². The van der Waals surface area contributed by atoms with Crippen LogP contribution in [-0.2, 0) is 0 Å². The van der Waals surface area contributed by atoms with Crippen molar-refractivity contribution in [3.63, 3.8) is 0 Å². The fourth-order valence-corrected chi connectivity index (χ4v) is 5.43. The minimum atomic E-state index is -0.473. The SMILES string of the molecule is Cc1ccc(C(=O)NC2CCCC(n3c(-c4cccnc4)nc4cc(C(N)=O)ccc43)C2)s1. The van der Waals surface area contributed by atoms with Gasteiger partial charge in [0.15, 0.2) is 0 Å². The van der Waals surface area contributed by atoms with Crippen LogP contribution in [0, 0.1) is 6.92 Å². The zero-order valence-corrected chi connectivity index (χ0v) is 19.1. The van der Waals surface area contributed by atoms with Crippen molar-refractivity contribution in [2.75, 3.05) is 0 Å². The summed E-state index contributed by atoms with van der Waals surface area (Å²) in [7, 11) is 0. The van der Waals surface area contributed by atoms with Gasteiger partial charge in [-0.3, -0.25) is 14.6 Å². The van der Waals surface area contributed by atoms with Crippen LogP contribution in [0.3, 0.4) is 0 Å². The van der Waals surface area contributed by atoms with Crippen molar-refractivity contribution in [3.05, 3.63) is 70.2 Å². The van der Waals surface area contributed by atoms with Crippen LogP contribution in [0.2, 0.25) is 0 Å². The Balaban J connectivity index is 1.49. The summed E-state index contributed by atoms with van der Waals surface area (Å²) in [5.41, 5.74) is 8.52. The number of fused-ring (bicyclic) bond motifs is 1. The second-order valence-corrected chi connectivity index (χ2v) is 9.80. The molecule has 2 amide bonds. The summed E-state index contributed by atoms with van der Waals surface area (Å²) in [6, 6.07) is 13.4. The van der Waals surface area contributed by atoms with Gasteiger partial charge in [-0.05, 0) is 75.1 Å². The Morgan fingerprint density at radius 3 is 2.79 bits per heavy atom. The zero-order chi connectivity index (χ0) is 22.9. The molecule has 1 aromatic carbocycles.